The van der Waals surface area contributed by atoms with Crippen molar-refractivity contribution < 1.29 is 23.2 Å². The average Bonchev–Trinajstić information content (AvgIpc) is 3.05. The molecule has 13 heteroatoms. The zero-order chi connectivity index (χ0) is 24.1. The maximum atomic E-state index is 11.7. The Morgan fingerprint density at radius 1 is 0.727 bits per heavy atom. The summed E-state index contributed by atoms with van der Waals surface area (Å²) in [6.07, 6.45) is 1.04. The van der Waals surface area contributed by atoms with Gasteiger partial charge in [-0.15, -0.1) is 0 Å². The third kappa shape index (κ3) is 3.80. The number of nitrogens with zero attached hydrogens (tertiary/aromatic N) is 4. The van der Waals surface area contributed by atoms with E-state index in [2.05, 4.69) is 4.99 Å². The lowest BCUT2D eigenvalue weighted by Crippen LogP contribution is -2.01. The van der Waals surface area contributed by atoms with Crippen LogP contribution in [0.5, 0.6) is 0 Å². The summed E-state index contributed by atoms with van der Waals surface area (Å²) in [6, 6.07) is 11.1. The summed E-state index contributed by atoms with van der Waals surface area (Å²) < 4.78 is 23.4. The van der Waals surface area contributed by atoms with Crippen molar-refractivity contribution in [3.05, 3.63) is 96.1 Å². The minimum atomic E-state index is -3.46. The van der Waals surface area contributed by atoms with Gasteiger partial charge in [0, 0.05) is 35.6 Å². The molecule has 0 fully saturated rings. The Morgan fingerprint density at radius 2 is 1.33 bits per heavy atom. The van der Waals surface area contributed by atoms with Crippen molar-refractivity contribution in [2.45, 2.75) is 4.90 Å². The molecule has 12 nitrogen and oxygen atoms in total. The molecular weight excluding hydrogens is 456 g/mol. The molecule has 4 rings (SSSR count). The monoisotopic (exact) mass is 468 g/mol. The molecule has 0 bridgehead atoms. The number of benzene rings is 3. The van der Waals surface area contributed by atoms with Crippen molar-refractivity contribution in [3.8, 4) is 11.1 Å². The highest BCUT2D eigenvalue weighted by Gasteiger charge is 2.36. The van der Waals surface area contributed by atoms with E-state index in [1.54, 1.807) is 0 Å². The third-order valence-corrected chi connectivity index (χ3v) is 6.14. The molecule has 3 aromatic carbocycles. The molecule has 0 aliphatic heterocycles. The average molecular weight is 468 g/mol. The highest BCUT2D eigenvalue weighted by Crippen LogP contribution is 2.46. The van der Waals surface area contributed by atoms with Crippen LogP contribution in [0.1, 0.15) is 11.1 Å². The quantitative estimate of drug-likeness (QED) is 0.312. The third-order valence-electron chi connectivity index (χ3n) is 5.01. The zero-order valence-electron chi connectivity index (χ0n) is 16.7. The molecular formula is C20H12N4O8S. The molecule has 0 heterocycles. The van der Waals surface area contributed by atoms with E-state index in [9.17, 15) is 38.8 Å². The van der Waals surface area contributed by atoms with Crippen molar-refractivity contribution in [3.63, 3.8) is 0 Å². The molecule has 1 aliphatic rings. The highest BCUT2D eigenvalue weighted by molar-refractivity contribution is 7.90. The van der Waals surface area contributed by atoms with Gasteiger partial charge < -0.3 is 0 Å². The molecule has 1 aliphatic carbocycles. The van der Waals surface area contributed by atoms with E-state index in [-0.39, 0.29) is 44.2 Å². The van der Waals surface area contributed by atoms with Gasteiger partial charge in [-0.25, -0.2) is 13.4 Å². The topological polar surface area (TPSA) is 176 Å². The Kier molecular flexibility index (Phi) is 4.97. The van der Waals surface area contributed by atoms with Gasteiger partial charge in [-0.2, -0.15) is 0 Å². The first-order valence-electron chi connectivity index (χ1n) is 9.12. The number of nitro groups is 3. The number of non-ortho nitro benzene ring substituents is 2. The summed E-state index contributed by atoms with van der Waals surface area (Å²) >= 11 is 0. The summed E-state index contributed by atoms with van der Waals surface area (Å²) in [5.74, 6) is 0. The fourth-order valence-electron chi connectivity index (χ4n) is 3.55. The Labute approximate surface area is 185 Å². The fraction of sp³-hybridized carbons (Fsp3) is 0.0500. The minimum absolute atomic E-state index is 0.0422. The number of fused-ring (bicyclic) bond motifs is 3. The van der Waals surface area contributed by atoms with Gasteiger partial charge in [0.1, 0.15) is 0 Å². The lowest BCUT2D eigenvalue weighted by atomic mass is 10.0. The number of aliphatic imine (C=N–C) groups is 1. The molecule has 0 atom stereocenters. The number of sulfone groups is 1. The maximum Gasteiger partial charge on any atom is 0.284 e. The van der Waals surface area contributed by atoms with Crippen molar-refractivity contribution in [2.24, 2.45) is 4.99 Å². The molecule has 0 N–H and O–H groups in total. The number of hydrogen-bond donors (Lipinski definition) is 0. The van der Waals surface area contributed by atoms with Gasteiger partial charge in [0.05, 0.1) is 42.7 Å². The fourth-order valence-corrected chi connectivity index (χ4v) is 4.18. The predicted molar refractivity (Wildman–Crippen MR) is 117 cm³/mol. The van der Waals surface area contributed by atoms with Crippen LogP contribution in [0.4, 0.5) is 22.7 Å². The van der Waals surface area contributed by atoms with Crippen LogP contribution in [0.25, 0.3) is 11.1 Å². The first kappa shape index (κ1) is 21.7. The lowest BCUT2D eigenvalue weighted by molar-refractivity contribution is -0.393. The molecule has 0 unspecified atom stereocenters. The normalized spacial score (nSPS) is 13.4. The molecule has 0 radical (unpaired) electrons. The SMILES string of the molecule is CS(=O)(=O)c1ccc(/N=C2\c3cc([N+](=O)[O-])ccc3-c3c2cc([N+](=O)[O-])cc3[N+](=O)[O-])cc1. The molecule has 0 saturated heterocycles. The van der Waals surface area contributed by atoms with E-state index < -0.39 is 36.0 Å². The maximum absolute atomic E-state index is 11.7. The number of nitro benzene ring substituents is 3. The number of rotatable bonds is 5. The molecule has 0 saturated carbocycles. The Balaban J connectivity index is 2.03. The second kappa shape index (κ2) is 7.56. The Bertz CT molecular complexity index is 1510. The van der Waals surface area contributed by atoms with Crippen molar-refractivity contribution in [1.29, 1.82) is 0 Å². The standard InChI is InChI=1S/C20H12N4O8S/c1-33(31,32)14-5-2-11(3-6-14)21-20-16-8-12(22(25)26)4-7-15(16)19-17(20)9-13(23(27)28)10-18(19)24(29)30/h2-10H,1H3/b21-20+. The van der Waals surface area contributed by atoms with E-state index >= 15 is 0 Å². The lowest BCUT2D eigenvalue weighted by Gasteiger charge is -2.04. The van der Waals surface area contributed by atoms with Crippen LogP contribution in [0.2, 0.25) is 0 Å². The minimum Gasteiger partial charge on any atom is -0.258 e. The predicted octanol–water partition coefficient (Wildman–Crippen LogP) is 3.96. The molecule has 0 amide bonds. The summed E-state index contributed by atoms with van der Waals surface area (Å²) in [6.45, 7) is 0. The van der Waals surface area contributed by atoms with E-state index in [1.807, 2.05) is 0 Å². The Hall–Kier alpha value is -4.52. The van der Waals surface area contributed by atoms with E-state index in [1.165, 1.54) is 42.5 Å². The zero-order valence-corrected chi connectivity index (χ0v) is 17.5. The van der Waals surface area contributed by atoms with Crippen LogP contribution >= 0.6 is 0 Å². The molecule has 0 aromatic heterocycles. The van der Waals surface area contributed by atoms with Gasteiger partial charge >= 0.3 is 0 Å². The second-order valence-electron chi connectivity index (χ2n) is 7.12. The Morgan fingerprint density at radius 3 is 1.88 bits per heavy atom. The molecule has 166 valence electrons. The van der Waals surface area contributed by atoms with Crippen LogP contribution in [0.15, 0.2) is 64.5 Å². The summed E-state index contributed by atoms with van der Waals surface area (Å²) in [5, 5.41) is 34.4. The van der Waals surface area contributed by atoms with Gasteiger partial charge in [-0.05, 0) is 35.9 Å². The van der Waals surface area contributed by atoms with Crippen molar-refractivity contribution >= 4 is 38.3 Å². The summed E-state index contributed by atoms with van der Waals surface area (Å²) in [7, 11) is -3.46. The smallest absolute Gasteiger partial charge is 0.258 e. The van der Waals surface area contributed by atoms with E-state index in [0.29, 0.717) is 0 Å². The number of hydrogen-bond acceptors (Lipinski definition) is 9. The van der Waals surface area contributed by atoms with Crippen LogP contribution in [-0.4, -0.2) is 35.2 Å². The van der Waals surface area contributed by atoms with E-state index in [0.717, 1.165) is 18.4 Å². The van der Waals surface area contributed by atoms with Crippen LogP contribution in [0, 0.1) is 30.3 Å². The second-order valence-corrected chi connectivity index (χ2v) is 9.13. The first-order valence-corrected chi connectivity index (χ1v) is 11.0. The van der Waals surface area contributed by atoms with Crippen LogP contribution in [0.3, 0.4) is 0 Å². The van der Waals surface area contributed by atoms with E-state index in [4.69, 9.17) is 0 Å². The van der Waals surface area contributed by atoms with Crippen molar-refractivity contribution in [2.75, 3.05) is 6.26 Å². The van der Waals surface area contributed by atoms with Crippen LogP contribution in [-0.2, 0) is 9.84 Å². The molecule has 3 aromatic rings. The molecule has 33 heavy (non-hydrogen) atoms. The van der Waals surface area contributed by atoms with Gasteiger partial charge in [0.25, 0.3) is 17.1 Å². The summed E-state index contributed by atoms with van der Waals surface area (Å²) in [4.78, 5) is 36.7. The van der Waals surface area contributed by atoms with Crippen LogP contribution < -0.4 is 0 Å². The first-order chi connectivity index (χ1) is 15.5. The van der Waals surface area contributed by atoms with Crippen molar-refractivity contribution in [1.82, 2.24) is 0 Å². The highest BCUT2D eigenvalue weighted by atomic mass is 32.2. The van der Waals surface area contributed by atoms with Gasteiger partial charge in [-0.3, -0.25) is 30.3 Å². The van der Waals surface area contributed by atoms with Gasteiger partial charge in [-0.1, -0.05) is 0 Å². The van der Waals surface area contributed by atoms with Gasteiger partial charge in [0.2, 0.25) is 0 Å². The molecule has 0 spiro atoms. The largest absolute Gasteiger partial charge is 0.284 e. The summed E-state index contributed by atoms with van der Waals surface area (Å²) in [5.41, 5.74) is -0.479. The van der Waals surface area contributed by atoms with Gasteiger partial charge in [0.15, 0.2) is 9.84 Å².